The zero-order chi connectivity index (χ0) is 21.1. The number of thiazole rings is 1. The van der Waals surface area contributed by atoms with Gasteiger partial charge in [-0.25, -0.2) is 13.4 Å². The van der Waals surface area contributed by atoms with Gasteiger partial charge in [0.2, 0.25) is 0 Å². The van der Waals surface area contributed by atoms with Crippen LogP contribution in [0.1, 0.15) is 40.2 Å². The molecule has 1 amide bonds. The number of fused-ring (bicyclic) bond motifs is 1. The molecule has 0 unspecified atom stereocenters. The second-order valence-corrected chi connectivity index (χ2v) is 10.3. The molecule has 0 saturated heterocycles. The molecule has 0 aliphatic heterocycles. The van der Waals surface area contributed by atoms with Gasteiger partial charge in [0.05, 0.1) is 16.3 Å². The summed E-state index contributed by atoms with van der Waals surface area (Å²) >= 11 is 1.51. The molecule has 1 heterocycles. The van der Waals surface area contributed by atoms with E-state index in [0.717, 1.165) is 31.4 Å². The van der Waals surface area contributed by atoms with Crippen molar-refractivity contribution in [3.05, 3.63) is 70.7 Å². The second-order valence-electron chi connectivity index (χ2n) is 7.24. The van der Waals surface area contributed by atoms with E-state index in [1.807, 2.05) is 6.07 Å². The highest BCUT2D eigenvalue weighted by Crippen LogP contribution is 2.29. The van der Waals surface area contributed by atoms with Crippen molar-refractivity contribution in [1.29, 1.82) is 0 Å². The molecule has 2 aromatic carbocycles. The van der Waals surface area contributed by atoms with Crippen LogP contribution in [0.15, 0.2) is 59.5 Å². The summed E-state index contributed by atoms with van der Waals surface area (Å²) in [5.74, 6) is -0.363. The number of aromatic nitrogens is 1. The topological polar surface area (TPSA) is 79.4 Å². The van der Waals surface area contributed by atoms with Crippen LogP contribution in [0.5, 0.6) is 0 Å². The number of nitrogens with one attached hydrogen (secondary N) is 1. The molecule has 8 heteroatoms. The number of anilines is 2. The van der Waals surface area contributed by atoms with E-state index in [1.165, 1.54) is 46.1 Å². The fourth-order valence-corrected chi connectivity index (χ4v) is 5.77. The van der Waals surface area contributed by atoms with Crippen molar-refractivity contribution in [2.75, 3.05) is 16.7 Å². The summed E-state index contributed by atoms with van der Waals surface area (Å²) in [6.45, 7) is 0. The van der Waals surface area contributed by atoms with E-state index in [0.29, 0.717) is 10.8 Å². The minimum atomic E-state index is -3.79. The summed E-state index contributed by atoms with van der Waals surface area (Å²) < 4.78 is 27.2. The number of hydrogen-bond donors (Lipinski definition) is 1. The fraction of sp³-hybridized carbons (Fsp3) is 0.273. The molecule has 1 aliphatic rings. The molecule has 1 aliphatic carbocycles. The first-order valence-electron chi connectivity index (χ1n) is 9.89. The molecule has 3 aromatic rings. The van der Waals surface area contributed by atoms with Crippen molar-refractivity contribution in [1.82, 2.24) is 4.98 Å². The molecule has 0 atom stereocenters. The number of amides is 1. The van der Waals surface area contributed by atoms with E-state index in [-0.39, 0.29) is 16.4 Å². The van der Waals surface area contributed by atoms with Crippen LogP contribution in [0, 0.1) is 0 Å². The Morgan fingerprint density at radius 3 is 2.60 bits per heavy atom. The Bertz CT molecular complexity index is 1130. The Balaban J connectivity index is 1.55. The highest BCUT2D eigenvalue weighted by Gasteiger charge is 2.23. The van der Waals surface area contributed by atoms with Crippen LogP contribution < -0.4 is 9.62 Å². The monoisotopic (exact) mass is 441 g/mol. The number of sulfonamides is 1. The van der Waals surface area contributed by atoms with Gasteiger partial charge in [-0.05, 0) is 56.0 Å². The van der Waals surface area contributed by atoms with Crippen molar-refractivity contribution in [2.45, 2.75) is 37.0 Å². The first kappa shape index (κ1) is 20.6. The number of rotatable bonds is 5. The van der Waals surface area contributed by atoms with E-state index < -0.39 is 10.0 Å². The lowest BCUT2D eigenvalue weighted by molar-refractivity contribution is 0.102. The van der Waals surface area contributed by atoms with Crippen LogP contribution in [0.3, 0.4) is 0 Å². The number of hydrogen-bond acceptors (Lipinski definition) is 5. The average molecular weight is 442 g/mol. The number of carbonyl (C=O) groups is 1. The molecule has 30 heavy (non-hydrogen) atoms. The predicted octanol–water partition coefficient (Wildman–Crippen LogP) is 4.49. The van der Waals surface area contributed by atoms with Crippen LogP contribution in [-0.2, 0) is 22.9 Å². The fourth-order valence-electron chi connectivity index (χ4n) is 3.48. The maximum atomic E-state index is 13.0. The Morgan fingerprint density at radius 2 is 1.80 bits per heavy atom. The zero-order valence-electron chi connectivity index (χ0n) is 16.7. The molecule has 6 nitrogen and oxygen atoms in total. The van der Waals surface area contributed by atoms with Gasteiger partial charge in [-0.1, -0.05) is 30.7 Å². The Hall–Kier alpha value is -2.71. The number of para-hydroxylation sites is 1. The molecule has 0 bridgehead atoms. The van der Waals surface area contributed by atoms with Gasteiger partial charge in [-0.15, -0.1) is 11.3 Å². The van der Waals surface area contributed by atoms with Gasteiger partial charge < -0.3 is 0 Å². The molecule has 0 radical (unpaired) electrons. The maximum Gasteiger partial charge on any atom is 0.264 e. The maximum absolute atomic E-state index is 13.0. The summed E-state index contributed by atoms with van der Waals surface area (Å²) in [5.41, 5.74) is 1.91. The Morgan fingerprint density at radius 1 is 1.03 bits per heavy atom. The van der Waals surface area contributed by atoms with Crippen molar-refractivity contribution >= 4 is 38.1 Å². The normalized spacial score (nSPS) is 13.9. The van der Waals surface area contributed by atoms with Crippen LogP contribution in [-0.4, -0.2) is 26.4 Å². The first-order chi connectivity index (χ1) is 14.4. The van der Waals surface area contributed by atoms with Crippen molar-refractivity contribution < 1.29 is 13.2 Å². The number of benzene rings is 2. The lowest BCUT2D eigenvalue weighted by Crippen LogP contribution is -2.26. The second kappa shape index (κ2) is 8.57. The molecule has 4 rings (SSSR count). The predicted molar refractivity (Wildman–Crippen MR) is 120 cm³/mol. The summed E-state index contributed by atoms with van der Waals surface area (Å²) in [7, 11) is -2.29. The van der Waals surface area contributed by atoms with Crippen molar-refractivity contribution in [3.8, 4) is 0 Å². The third kappa shape index (κ3) is 4.24. The lowest BCUT2D eigenvalue weighted by Gasteiger charge is -2.19. The smallest absolute Gasteiger partial charge is 0.264 e. The van der Waals surface area contributed by atoms with Gasteiger partial charge in [-0.3, -0.25) is 14.4 Å². The zero-order valence-corrected chi connectivity index (χ0v) is 18.3. The van der Waals surface area contributed by atoms with Crippen molar-refractivity contribution in [2.24, 2.45) is 0 Å². The largest absolute Gasteiger partial charge is 0.298 e. The van der Waals surface area contributed by atoms with Gasteiger partial charge in [0.15, 0.2) is 5.13 Å². The quantitative estimate of drug-likeness (QED) is 0.592. The molecule has 1 aromatic heterocycles. The van der Waals surface area contributed by atoms with Gasteiger partial charge in [0.25, 0.3) is 15.9 Å². The number of nitrogens with zero attached hydrogens (tertiary/aromatic N) is 2. The molecule has 0 saturated carbocycles. The molecule has 1 N–H and O–H groups in total. The molecular weight excluding hydrogens is 418 g/mol. The van der Waals surface area contributed by atoms with Gasteiger partial charge in [0.1, 0.15) is 0 Å². The molecule has 0 fully saturated rings. The highest BCUT2D eigenvalue weighted by molar-refractivity contribution is 7.92. The van der Waals surface area contributed by atoms with Crippen LogP contribution in [0.4, 0.5) is 10.8 Å². The lowest BCUT2D eigenvalue weighted by atomic mass is 10.2. The standard InChI is InChI=1S/C22H23N3O3S2/c1-25(17-10-4-2-5-11-17)30(27,28)18-12-8-9-16(15-18)21(26)24-22-23-19-13-6-3-7-14-20(19)29-22/h2,4-5,8-12,15H,3,6-7,13-14H2,1H3,(H,23,24,26). The average Bonchev–Trinajstić information content (AvgIpc) is 3.01. The summed E-state index contributed by atoms with van der Waals surface area (Å²) in [4.78, 5) is 18.6. The minimum Gasteiger partial charge on any atom is -0.298 e. The third-order valence-corrected chi connectivity index (χ3v) is 8.04. The van der Waals surface area contributed by atoms with E-state index in [4.69, 9.17) is 0 Å². The SMILES string of the molecule is CN(c1ccccc1)S(=O)(=O)c1cccc(C(=O)Nc2nc3c(s2)CCCCC3)c1. The van der Waals surface area contributed by atoms with E-state index in [2.05, 4.69) is 10.3 Å². The first-order valence-corrected chi connectivity index (χ1v) is 12.1. The van der Waals surface area contributed by atoms with Gasteiger partial charge in [-0.2, -0.15) is 0 Å². The van der Waals surface area contributed by atoms with Crippen LogP contribution >= 0.6 is 11.3 Å². The minimum absolute atomic E-state index is 0.0661. The van der Waals surface area contributed by atoms with Crippen LogP contribution in [0.25, 0.3) is 0 Å². The Labute approximate surface area is 180 Å². The molecule has 156 valence electrons. The van der Waals surface area contributed by atoms with Gasteiger partial charge in [0, 0.05) is 17.5 Å². The number of carbonyl (C=O) groups excluding carboxylic acids is 1. The summed E-state index contributed by atoms with van der Waals surface area (Å²) in [5, 5.41) is 3.41. The van der Waals surface area contributed by atoms with Gasteiger partial charge >= 0.3 is 0 Å². The van der Waals surface area contributed by atoms with Crippen LogP contribution in [0.2, 0.25) is 0 Å². The summed E-state index contributed by atoms with van der Waals surface area (Å²) in [6, 6.07) is 14.9. The molecular formula is C22H23N3O3S2. The highest BCUT2D eigenvalue weighted by atomic mass is 32.2. The van der Waals surface area contributed by atoms with E-state index in [1.54, 1.807) is 36.4 Å². The third-order valence-electron chi connectivity index (χ3n) is 5.19. The molecule has 0 spiro atoms. The van der Waals surface area contributed by atoms with E-state index >= 15 is 0 Å². The van der Waals surface area contributed by atoms with Crippen molar-refractivity contribution in [3.63, 3.8) is 0 Å². The Kier molecular flexibility index (Phi) is 5.87. The number of aryl methyl sites for hydroxylation is 2. The van der Waals surface area contributed by atoms with E-state index in [9.17, 15) is 13.2 Å². The summed E-state index contributed by atoms with van der Waals surface area (Å²) in [6.07, 6.45) is 5.43.